The number of carbonyl (C=O) groups excluding carboxylic acids is 1. The minimum atomic E-state index is -0.242. The normalized spacial score (nSPS) is 10.5. The lowest BCUT2D eigenvalue weighted by atomic mass is 10.2. The Labute approximate surface area is 154 Å². The van der Waals surface area contributed by atoms with Crippen molar-refractivity contribution < 1.29 is 4.79 Å². The number of amides is 1. The van der Waals surface area contributed by atoms with Gasteiger partial charge in [0.15, 0.2) is 0 Å². The van der Waals surface area contributed by atoms with E-state index in [9.17, 15) is 9.59 Å². The molecule has 0 aliphatic rings. The van der Waals surface area contributed by atoms with Gasteiger partial charge in [0, 0.05) is 22.4 Å². The second-order valence-electron chi connectivity index (χ2n) is 5.83. The molecular formula is C20H17BrN2O2. The Hall–Kier alpha value is -2.66. The molecular weight excluding hydrogens is 380 g/mol. The van der Waals surface area contributed by atoms with E-state index in [1.807, 2.05) is 55.5 Å². The Morgan fingerprint density at radius 3 is 2.36 bits per heavy atom. The van der Waals surface area contributed by atoms with Crippen LogP contribution in [0, 0.1) is 6.92 Å². The summed E-state index contributed by atoms with van der Waals surface area (Å²) in [6.45, 7) is 2.40. The molecule has 1 heterocycles. The Kier molecular flexibility index (Phi) is 5.14. The van der Waals surface area contributed by atoms with Gasteiger partial charge in [0.1, 0.15) is 0 Å². The molecule has 0 saturated carbocycles. The molecule has 0 radical (unpaired) electrons. The minimum Gasteiger partial charge on any atom is -0.322 e. The van der Waals surface area contributed by atoms with Gasteiger partial charge in [-0.05, 0) is 42.8 Å². The molecule has 25 heavy (non-hydrogen) atoms. The SMILES string of the molecule is Cc1ccc(NC(=O)c2ccc(=O)n(Cc3ccc(Br)cc3)c2)cc1. The molecule has 0 fully saturated rings. The molecule has 1 amide bonds. The summed E-state index contributed by atoms with van der Waals surface area (Å²) in [5, 5.41) is 2.84. The maximum absolute atomic E-state index is 12.4. The summed E-state index contributed by atoms with van der Waals surface area (Å²) in [7, 11) is 0. The molecule has 4 nitrogen and oxygen atoms in total. The van der Waals surface area contributed by atoms with E-state index < -0.39 is 0 Å². The highest BCUT2D eigenvalue weighted by Gasteiger charge is 2.08. The van der Waals surface area contributed by atoms with Gasteiger partial charge in [0.25, 0.3) is 11.5 Å². The number of nitrogens with zero attached hydrogens (tertiary/aromatic N) is 1. The molecule has 1 aromatic heterocycles. The topological polar surface area (TPSA) is 51.1 Å². The van der Waals surface area contributed by atoms with Gasteiger partial charge < -0.3 is 9.88 Å². The fraction of sp³-hybridized carbons (Fsp3) is 0.100. The van der Waals surface area contributed by atoms with E-state index >= 15 is 0 Å². The molecule has 3 aromatic rings. The van der Waals surface area contributed by atoms with Crippen LogP contribution in [0.3, 0.4) is 0 Å². The van der Waals surface area contributed by atoms with E-state index in [1.54, 1.807) is 12.3 Å². The number of nitrogens with one attached hydrogen (secondary N) is 1. The number of carbonyl (C=O) groups is 1. The highest BCUT2D eigenvalue weighted by molar-refractivity contribution is 9.10. The average molecular weight is 397 g/mol. The summed E-state index contributed by atoms with van der Waals surface area (Å²) >= 11 is 3.39. The van der Waals surface area contributed by atoms with E-state index in [0.29, 0.717) is 12.1 Å². The van der Waals surface area contributed by atoms with Crippen molar-refractivity contribution in [2.24, 2.45) is 0 Å². The maximum Gasteiger partial charge on any atom is 0.257 e. The van der Waals surface area contributed by atoms with Gasteiger partial charge in [-0.3, -0.25) is 9.59 Å². The molecule has 2 aromatic carbocycles. The van der Waals surface area contributed by atoms with Crippen molar-refractivity contribution in [3.8, 4) is 0 Å². The van der Waals surface area contributed by atoms with Crippen LogP contribution in [0.15, 0.2) is 76.1 Å². The standard InChI is InChI=1S/C20H17BrN2O2/c1-14-2-9-18(10-3-14)22-20(25)16-6-11-19(24)23(13-16)12-15-4-7-17(21)8-5-15/h2-11,13H,12H2,1H3,(H,22,25). The van der Waals surface area contributed by atoms with Gasteiger partial charge in [-0.25, -0.2) is 0 Å². The number of hydrogen-bond acceptors (Lipinski definition) is 2. The van der Waals surface area contributed by atoms with Crippen molar-refractivity contribution in [1.82, 2.24) is 4.57 Å². The number of rotatable bonds is 4. The number of benzene rings is 2. The summed E-state index contributed by atoms with van der Waals surface area (Å²) in [5.74, 6) is -0.242. The van der Waals surface area contributed by atoms with Crippen molar-refractivity contribution >= 4 is 27.5 Å². The fourth-order valence-electron chi connectivity index (χ4n) is 2.42. The van der Waals surface area contributed by atoms with Crippen molar-refractivity contribution in [1.29, 1.82) is 0 Å². The van der Waals surface area contributed by atoms with E-state index in [1.165, 1.54) is 10.6 Å². The smallest absolute Gasteiger partial charge is 0.257 e. The quantitative estimate of drug-likeness (QED) is 0.717. The molecule has 1 N–H and O–H groups in total. The number of pyridine rings is 1. The number of aryl methyl sites for hydroxylation is 1. The highest BCUT2D eigenvalue weighted by atomic mass is 79.9. The summed E-state index contributed by atoms with van der Waals surface area (Å²) in [6, 6.07) is 18.3. The van der Waals surface area contributed by atoms with Crippen molar-refractivity contribution in [3.05, 3.63) is 98.4 Å². The number of halogens is 1. The molecule has 126 valence electrons. The second kappa shape index (κ2) is 7.49. The second-order valence-corrected chi connectivity index (χ2v) is 6.75. The molecule has 0 atom stereocenters. The van der Waals surface area contributed by atoms with Gasteiger partial charge in [-0.15, -0.1) is 0 Å². The van der Waals surface area contributed by atoms with Crippen LogP contribution in [0.1, 0.15) is 21.5 Å². The Balaban J connectivity index is 1.80. The first-order valence-electron chi connectivity index (χ1n) is 7.84. The van der Waals surface area contributed by atoms with Gasteiger partial charge in [-0.1, -0.05) is 45.8 Å². The zero-order valence-electron chi connectivity index (χ0n) is 13.7. The highest BCUT2D eigenvalue weighted by Crippen LogP contribution is 2.12. The first kappa shape index (κ1) is 17.2. The summed E-state index contributed by atoms with van der Waals surface area (Å²) in [6.07, 6.45) is 1.59. The predicted molar refractivity (Wildman–Crippen MR) is 103 cm³/mol. The molecule has 3 rings (SSSR count). The lowest BCUT2D eigenvalue weighted by molar-refractivity contribution is 0.102. The maximum atomic E-state index is 12.4. The third kappa shape index (κ3) is 4.45. The molecule has 5 heteroatoms. The van der Waals surface area contributed by atoms with Gasteiger partial charge >= 0.3 is 0 Å². The summed E-state index contributed by atoms with van der Waals surface area (Å²) in [5.41, 5.74) is 3.13. The van der Waals surface area contributed by atoms with Crippen LogP contribution in [-0.2, 0) is 6.54 Å². The Morgan fingerprint density at radius 1 is 1.00 bits per heavy atom. The van der Waals surface area contributed by atoms with Crippen LogP contribution in [0.2, 0.25) is 0 Å². The van der Waals surface area contributed by atoms with E-state index in [0.717, 1.165) is 21.3 Å². The lowest BCUT2D eigenvalue weighted by Crippen LogP contribution is -2.22. The largest absolute Gasteiger partial charge is 0.322 e. The Bertz CT molecular complexity index is 945. The summed E-state index contributed by atoms with van der Waals surface area (Å²) in [4.78, 5) is 24.5. The van der Waals surface area contributed by atoms with Gasteiger partial charge in [0.05, 0.1) is 12.1 Å². The minimum absolute atomic E-state index is 0.144. The van der Waals surface area contributed by atoms with Crippen LogP contribution in [0.25, 0.3) is 0 Å². The predicted octanol–water partition coefficient (Wildman–Crippen LogP) is 4.22. The number of aromatic nitrogens is 1. The third-order valence-corrected chi connectivity index (χ3v) is 4.35. The zero-order chi connectivity index (χ0) is 17.8. The molecule has 0 spiro atoms. The van der Waals surface area contributed by atoms with Crippen LogP contribution in [0.4, 0.5) is 5.69 Å². The van der Waals surface area contributed by atoms with E-state index in [-0.39, 0.29) is 11.5 Å². The molecule has 0 unspecified atom stereocenters. The fourth-order valence-corrected chi connectivity index (χ4v) is 2.68. The van der Waals surface area contributed by atoms with Crippen LogP contribution in [0.5, 0.6) is 0 Å². The van der Waals surface area contributed by atoms with E-state index in [2.05, 4.69) is 21.2 Å². The van der Waals surface area contributed by atoms with Gasteiger partial charge in [0.2, 0.25) is 0 Å². The summed E-state index contributed by atoms with van der Waals surface area (Å²) < 4.78 is 2.52. The number of anilines is 1. The van der Waals surface area contributed by atoms with Crippen molar-refractivity contribution in [2.45, 2.75) is 13.5 Å². The zero-order valence-corrected chi connectivity index (χ0v) is 15.3. The number of hydrogen-bond donors (Lipinski definition) is 1. The first-order valence-corrected chi connectivity index (χ1v) is 8.63. The van der Waals surface area contributed by atoms with E-state index in [4.69, 9.17) is 0 Å². The lowest BCUT2D eigenvalue weighted by Gasteiger charge is -2.09. The Morgan fingerprint density at radius 2 is 1.68 bits per heavy atom. The molecule has 0 aliphatic carbocycles. The first-order chi connectivity index (χ1) is 12.0. The third-order valence-electron chi connectivity index (χ3n) is 3.82. The molecule has 0 saturated heterocycles. The molecule has 0 bridgehead atoms. The molecule has 0 aliphatic heterocycles. The van der Waals surface area contributed by atoms with Crippen LogP contribution < -0.4 is 10.9 Å². The van der Waals surface area contributed by atoms with Gasteiger partial charge in [-0.2, -0.15) is 0 Å². The monoisotopic (exact) mass is 396 g/mol. The van der Waals surface area contributed by atoms with Crippen molar-refractivity contribution in [3.63, 3.8) is 0 Å². The van der Waals surface area contributed by atoms with Crippen LogP contribution >= 0.6 is 15.9 Å². The van der Waals surface area contributed by atoms with Crippen LogP contribution in [-0.4, -0.2) is 10.5 Å². The average Bonchev–Trinajstić information content (AvgIpc) is 2.60. The van der Waals surface area contributed by atoms with Crippen molar-refractivity contribution in [2.75, 3.05) is 5.32 Å².